The maximum atomic E-state index is 9.42. The van der Waals surface area contributed by atoms with Gasteiger partial charge in [-0.15, -0.1) is 0 Å². The van der Waals surface area contributed by atoms with Gasteiger partial charge in [0.25, 0.3) is 0 Å². The highest BCUT2D eigenvalue weighted by molar-refractivity contribution is 5.16. The zero-order valence-corrected chi connectivity index (χ0v) is 11.3. The number of hydrogen-bond acceptors (Lipinski definition) is 3. The molecular formula is C16H21NO2. The van der Waals surface area contributed by atoms with Gasteiger partial charge in [0.05, 0.1) is 13.2 Å². The van der Waals surface area contributed by atoms with Gasteiger partial charge in [-0.2, -0.15) is 0 Å². The van der Waals surface area contributed by atoms with E-state index in [2.05, 4.69) is 24.4 Å². The van der Waals surface area contributed by atoms with Crippen molar-refractivity contribution in [3.63, 3.8) is 0 Å². The molecule has 0 radical (unpaired) electrons. The van der Waals surface area contributed by atoms with Crippen LogP contribution in [0.5, 0.6) is 0 Å². The van der Waals surface area contributed by atoms with Crippen molar-refractivity contribution in [2.75, 3.05) is 6.61 Å². The topological polar surface area (TPSA) is 45.4 Å². The van der Waals surface area contributed by atoms with Crippen LogP contribution >= 0.6 is 0 Å². The molecule has 0 saturated carbocycles. The number of aryl methyl sites for hydroxylation is 1. The van der Waals surface area contributed by atoms with Gasteiger partial charge in [0, 0.05) is 12.5 Å². The molecule has 1 aromatic carbocycles. The third-order valence-electron chi connectivity index (χ3n) is 3.18. The van der Waals surface area contributed by atoms with Gasteiger partial charge in [0.2, 0.25) is 0 Å². The van der Waals surface area contributed by atoms with Gasteiger partial charge in [0.15, 0.2) is 0 Å². The van der Waals surface area contributed by atoms with Crippen LogP contribution in [0.3, 0.4) is 0 Å². The summed E-state index contributed by atoms with van der Waals surface area (Å²) in [4.78, 5) is 0. The van der Waals surface area contributed by atoms with Gasteiger partial charge in [-0.05, 0) is 24.1 Å². The molecule has 0 aliphatic heterocycles. The summed E-state index contributed by atoms with van der Waals surface area (Å²) in [6.45, 7) is 2.84. The summed E-state index contributed by atoms with van der Waals surface area (Å²) < 4.78 is 5.63. The first kappa shape index (κ1) is 13.8. The van der Waals surface area contributed by atoms with E-state index in [4.69, 9.17) is 4.42 Å². The molecule has 2 aromatic rings. The Morgan fingerprint density at radius 1 is 1.11 bits per heavy atom. The molecule has 1 aromatic heterocycles. The van der Waals surface area contributed by atoms with Crippen molar-refractivity contribution in [3.05, 3.63) is 59.5 Å². The molecule has 3 nitrogen and oxygen atoms in total. The van der Waals surface area contributed by atoms with Crippen LogP contribution in [0.15, 0.2) is 46.9 Å². The third-order valence-corrected chi connectivity index (χ3v) is 3.18. The fourth-order valence-corrected chi connectivity index (χ4v) is 2.05. The summed E-state index contributed by atoms with van der Waals surface area (Å²) in [5, 5.41) is 12.8. The summed E-state index contributed by atoms with van der Waals surface area (Å²) in [5.41, 5.74) is 1.22. The van der Waals surface area contributed by atoms with Crippen molar-refractivity contribution in [1.29, 1.82) is 0 Å². The standard InChI is InChI=1S/C16H21NO2/c1-2-15-8-9-16(19-15)11-17-14(12-18)10-13-6-4-3-5-7-13/h3-9,14,17-18H,2,10-12H2,1H3/t14-/m0/s1. The Morgan fingerprint density at radius 3 is 2.47 bits per heavy atom. The minimum absolute atomic E-state index is 0.0533. The van der Waals surface area contributed by atoms with E-state index in [9.17, 15) is 5.11 Å². The summed E-state index contributed by atoms with van der Waals surface area (Å²) >= 11 is 0. The maximum Gasteiger partial charge on any atom is 0.117 e. The number of rotatable bonds is 7. The lowest BCUT2D eigenvalue weighted by molar-refractivity contribution is 0.237. The van der Waals surface area contributed by atoms with Crippen LogP contribution in [0.1, 0.15) is 24.0 Å². The molecule has 102 valence electrons. The first-order valence-electron chi connectivity index (χ1n) is 6.77. The van der Waals surface area contributed by atoms with E-state index in [-0.39, 0.29) is 12.6 Å². The summed E-state index contributed by atoms with van der Waals surface area (Å²) in [7, 11) is 0. The Labute approximate surface area is 114 Å². The minimum Gasteiger partial charge on any atom is -0.465 e. The molecule has 0 aliphatic carbocycles. The Morgan fingerprint density at radius 2 is 1.84 bits per heavy atom. The van der Waals surface area contributed by atoms with E-state index >= 15 is 0 Å². The Balaban J connectivity index is 1.85. The molecule has 2 rings (SSSR count). The molecule has 1 atom stereocenters. The van der Waals surface area contributed by atoms with Crippen LogP contribution in [-0.2, 0) is 19.4 Å². The molecule has 19 heavy (non-hydrogen) atoms. The van der Waals surface area contributed by atoms with E-state index in [0.717, 1.165) is 24.4 Å². The van der Waals surface area contributed by atoms with Gasteiger partial charge >= 0.3 is 0 Å². The third kappa shape index (κ3) is 4.23. The number of aliphatic hydroxyl groups is 1. The summed E-state index contributed by atoms with van der Waals surface area (Å²) in [5.74, 6) is 1.92. The number of furan rings is 1. The van der Waals surface area contributed by atoms with Crippen LogP contribution in [0.2, 0.25) is 0 Å². The molecule has 1 heterocycles. The quantitative estimate of drug-likeness (QED) is 0.803. The second kappa shape index (κ2) is 7.12. The van der Waals surface area contributed by atoms with Crippen molar-refractivity contribution in [2.45, 2.75) is 32.4 Å². The fraction of sp³-hybridized carbons (Fsp3) is 0.375. The summed E-state index contributed by atoms with van der Waals surface area (Å²) in [6, 6.07) is 14.2. The number of hydrogen-bond donors (Lipinski definition) is 2. The van der Waals surface area contributed by atoms with E-state index < -0.39 is 0 Å². The normalized spacial score (nSPS) is 12.5. The molecule has 0 saturated heterocycles. The zero-order valence-electron chi connectivity index (χ0n) is 11.3. The average Bonchev–Trinajstić information content (AvgIpc) is 2.92. The SMILES string of the molecule is CCc1ccc(CN[C@H](CO)Cc2ccccc2)o1. The maximum absolute atomic E-state index is 9.42. The van der Waals surface area contributed by atoms with Gasteiger partial charge < -0.3 is 14.8 Å². The molecule has 0 bridgehead atoms. The Hall–Kier alpha value is -1.58. The van der Waals surface area contributed by atoms with Crippen molar-refractivity contribution in [3.8, 4) is 0 Å². The Kier molecular flexibility index (Phi) is 5.19. The van der Waals surface area contributed by atoms with Gasteiger partial charge in [-0.25, -0.2) is 0 Å². The van der Waals surface area contributed by atoms with E-state index in [1.54, 1.807) is 0 Å². The predicted molar refractivity (Wildman–Crippen MR) is 75.9 cm³/mol. The van der Waals surface area contributed by atoms with E-state index in [1.807, 2.05) is 30.3 Å². The largest absolute Gasteiger partial charge is 0.465 e. The predicted octanol–water partition coefficient (Wildman–Crippen LogP) is 2.54. The second-order valence-corrected chi connectivity index (χ2v) is 4.67. The second-order valence-electron chi connectivity index (χ2n) is 4.67. The first-order chi connectivity index (χ1) is 9.31. The van der Waals surface area contributed by atoms with Crippen molar-refractivity contribution >= 4 is 0 Å². The fourth-order valence-electron chi connectivity index (χ4n) is 2.05. The van der Waals surface area contributed by atoms with Crippen LogP contribution in [0.4, 0.5) is 0 Å². The summed E-state index contributed by atoms with van der Waals surface area (Å²) in [6.07, 6.45) is 1.73. The van der Waals surface area contributed by atoms with Gasteiger partial charge in [-0.1, -0.05) is 37.3 Å². The highest BCUT2D eigenvalue weighted by atomic mass is 16.3. The lowest BCUT2D eigenvalue weighted by atomic mass is 10.1. The van der Waals surface area contributed by atoms with Crippen LogP contribution in [0.25, 0.3) is 0 Å². The number of aliphatic hydroxyl groups excluding tert-OH is 1. The lowest BCUT2D eigenvalue weighted by Crippen LogP contribution is -2.33. The number of nitrogens with one attached hydrogen (secondary N) is 1. The molecule has 0 fully saturated rings. The lowest BCUT2D eigenvalue weighted by Gasteiger charge is -2.15. The van der Waals surface area contributed by atoms with Crippen molar-refractivity contribution in [1.82, 2.24) is 5.32 Å². The van der Waals surface area contributed by atoms with Crippen LogP contribution in [0, 0.1) is 0 Å². The molecule has 0 aliphatic rings. The smallest absolute Gasteiger partial charge is 0.117 e. The molecule has 0 amide bonds. The Bertz CT molecular complexity index is 479. The first-order valence-corrected chi connectivity index (χ1v) is 6.77. The van der Waals surface area contributed by atoms with E-state index in [1.165, 1.54) is 5.56 Å². The van der Waals surface area contributed by atoms with Crippen LogP contribution < -0.4 is 5.32 Å². The van der Waals surface area contributed by atoms with Crippen molar-refractivity contribution < 1.29 is 9.52 Å². The van der Waals surface area contributed by atoms with Crippen molar-refractivity contribution in [2.24, 2.45) is 0 Å². The molecule has 0 unspecified atom stereocenters. The number of benzene rings is 1. The minimum atomic E-state index is 0.0533. The highest BCUT2D eigenvalue weighted by Crippen LogP contribution is 2.09. The van der Waals surface area contributed by atoms with Gasteiger partial charge in [0.1, 0.15) is 11.5 Å². The van der Waals surface area contributed by atoms with Crippen LogP contribution in [-0.4, -0.2) is 17.8 Å². The monoisotopic (exact) mass is 259 g/mol. The average molecular weight is 259 g/mol. The van der Waals surface area contributed by atoms with Gasteiger partial charge in [-0.3, -0.25) is 0 Å². The molecule has 2 N–H and O–H groups in total. The molecular weight excluding hydrogens is 238 g/mol. The molecule has 3 heteroatoms. The molecule has 0 spiro atoms. The van der Waals surface area contributed by atoms with E-state index in [0.29, 0.717) is 6.54 Å². The highest BCUT2D eigenvalue weighted by Gasteiger charge is 2.09. The zero-order chi connectivity index (χ0) is 13.5.